The highest BCUT2D eigenvalue weighted by molar-refractivity contribution is 6.18. The molecule has 0 radical (unpaired) electrons. The van der Waals surface area contributed by atoms with Crippen LogP contribution in [0.25, 0.3) is 0 Å². The molecular formula is C7H9ClN2O2. The van der Waals surface area contributed by atoms with Gasteiger partial charge in [-0.3, -0.25) is 4.79 Å². The molecule has 0 bridgehead atoms. The molecule has 0 aliphatic heterocycles. The van der Waals surface area contributed by atoms with Gasteiger partial charge in [0.2, 0.25) is 0 Å². The van der Waals surface area contributed by atoms with Crippen molar-refractivity contribution in [3.05, 3.63) is 18.0 Å². The van der Waals surface area contributed by atoms with Crippen LogP contribution in [0.2, 0.25) is 0 Å². The van der Waals surface area contributed by atoms with Crippen molar-refractivity contribution in [1.29, 1.82) is 0 Å². The highest BCUT2D eigenvalue weighted by Gasteiger charge is 2.10. The van der Waals surface area contributed by atoms with E-state index >= 15 is 0 Å². The second kappa shape index (κ2) is 4.11. The number of amides is 1. The van der Waals surface area contributed by atoms with E-state index in [2.05, 4.69) is 15.0 Å². The number of nitrogens with zero attached hydrogens (tertiary/aromatic N) is 1. The summed E-state index contributed by atoms with van der Waals surface area (Å²) in [6.07, 6.45) is 1.35. The predicted octanol–water partition coefficient (Wildman–Crippen LogP) is 1.03. The third kappa shape index (κ3) is 2.23. The van der Waals surface area contributed by atoms with Crippen LogP contribution in [0, 0.1) is 0 Å². The van der Waals surface area contributed by atoms with Gasteiger partial charge in [-0.25, -0.2) is 0 Å². The van der Waals surface area contributed by atoms with Crippen LogP contribution in [0.5, 0.6) is 0 Å². The maximum atomic E-state index is 11.2. The summed E-state index contributed by atoms with van der Waals surface area (Å²) < 4.78 is 4.51. The third-order valence-electron chi connectivity index (χ3n) is 1.28. The molecule has 0 spiro atoms. The average molecular weight is 189 g/mol. The Morgan fingerprint density at radius 1 is 1.92 bits per heavy atom. The van der Waals surface area contributed by atoms with E-state index in [4.69, 9.17) is 11.6 Å². The predicted molar refractivity (Wildman–Crippen MR) is 44.2 cm³/mol. The third-order valence-corrected chi connectivity index (χ3v) is 1.74. The number of nitrogens with one attached hydrogen (secondary N) is 1. The monoisotopic (exact) mass is 188 g/mol. The topological polar surface area (TPSA) is 55.1 Å². The molecule has 0 saturated carbocycles. The lowest BCUT2D eigenvalue weighted by Gasteiger charge is -2.07. The fourth-order valence-electron chi connectivity index (χ4n) is 0.666. The number of carbonyl (C=O) groups is 1. The summed E-state index contributed by atoms with van der Waals surface area (Å²) in [6, 6.07) is 1.44. The summed E-state index contributed by atoms with van der Waals surface area (Å²) in [5, 5.41) is 6.11. The van der Waals surface area contributed by atoms with E-state index in [1.807, 2.05) is 6.92 Å². The number of hydrogen-bond donors (Lipinski definition) is 1. The van der Waals surface area contributed by atoms with Gasteiger partial charge < -0.3 is 9.84 Å². The van der Waals surface area contributed by atoms with Crippen molar-refractivity contribution in [3.8, 4) is 0 Å². The fourth-order valence-corrected chi connectivity index (χ4v) is 0.743. The molecular weight excluding hydrogens is 180 g/mol. The Balaban J connectivity index is 2.50. The molecule has 1 rings (SSSR count). The molecule has 0 saturated heterocycles. The van der Waals surface area contributed by atoms with Crippen molar-refractivity contribution < 1.29 is 9.32 Å². The summed E-state index contributed by atoms with van der Waals surface area (Å²) in [5.74, 6) is 0.112. The second-order valence-electron chi connectivity index (χ2n) is 2.41. The molecule has 1 aromatic heterocycles. The molecule has 5 heteroatoms. The van der Waals surface area contributed by atoms with Gasteiger partial charge >= 0.3 is 0 Å². The number of rotatable bonds is 3. The first-order chi connectivity index (χ1) is 5.74. The molecule has 1 unspecified atom stereocenters. The Bertz CT molecular complexity index is 248. The van der Waals surface area contributed by atoms with Crippen LogP contribution in [0.15, 0.2) is 16.9 Å². The maximum absolute atomic E-state index is 11.2. The Hall–Kier alpha value is -1.03. The van der Waals surface area contributed by atoms with E-state index in [9.17, 15) is 4.79 Å². The summed E-state index contributed by atoms with van der Waals surface area (Å²) >= 11 is 5.50. The van der Waals surface area contributed by atoms with Gasteiger partial charge in [0.05, 0.1) is 0 Å². The lowest BCUT2D eigenvalue weighted by Crippen LogP contribution is -2.33. The summed E-state index contributed by atoms with van der Waals surface area (Å²) in [7, 11) is 0. The van der Waals surface area contributed by atoms with Crippen LogP contribution in [-0.4, -0.2) is 23.0 Å². The maximum Gasteiger partial charge on any atom is 0.273 e. The minimum Gasteiger partial charge on any atom is -0.364 e. The molecule has 0 aromatic carbocycles. The molecule has 0 aliphatic carbocycles. The van der Waals surface area contributed by atoms with Crippen LogP contribution in [-0.2, 0) is 0 Å². The van der Waals surface area contributed by atoms with Gasteiger partial charge in [0.15, 0.2) is 5.69 Å². The number of hydrogen-bond acceptors (Lipinski definition) is 3. The molecule has 66 valence electrons. The SMILES string of the molecule is CC(CCl)NC(=O)c1ccon1. The van der Waals surface area contributed by atoms with E-state index in [-0.39, 0.29) is 17.6 Å². The van der Waals surface area contributed by atoms with E-state index in [0.717, 1.165) is 0 Å². The largest absolute Gasteiger partial charge is 0.364 e. The van der Waals surface area contributed by atoms with Gasteiger partial charge in [-0.05, 0) is 6.92 Å². The van der Waals surface area contributed by atoms with E-state index < -0.39 is 0 Å². The Labute approximate surface area is 74.9 Å². The molecule has 1 N–H and O–H groups in total. The summed E-state index contributed by atoms with van der Waals surface area (Å²) in [4.78, 5) is 11.2. The zero-order chi connectivity index (χ0) is 8.97. The standard InChI is InChI=1S/C7H9ClN2O2/c1-5(4-8)9-7(11)6-2-3-12-10-6/h2-3,5H,4H2,1H3,(H,9,11). The smallest absolute Gasteiger partial charge is 0.273 e. The zero-order valence-corrected chi connectivity index (χ0v) is 7.34. The van der Waals surface area contributed by atoms with Crippen molar-refractivity contribution in [3.63, 3.8) is 0 Å². The highest BCUT2D eigenvalue weighted by Crippen LogP contribution is 1.95. The van der Waals surface area contributed by atoms with Gasteiger partial charge in [0.25, 0.3) is 5.91 Å². The minimum atomic E-state index is -0.267. The molecule has 4 nitrogen and oxygen atoms in total. The van der Waals surface area contributed by atoms with Crippen LogP contribution < -0.4 is 5.32 Å². The molecule has 0 aliphatic rings. The van der Waals surface area contributed by atoms with Gasteiger partial charge in [-0.1, -0.05) is 5.16 Å². The lowest BCUT2D eigenvalue weighted by atomic mass is 10.3. The van der Waals surface area contributed by atoms with Gasteiger partial charge in [0.1, 0.15) is 6.26 Å². The quantitative estimate of drug-likeness (QED) is 0.721. The molecule has 0 fully saturated rings. The van der Waals surface area contributed by atoms with Crippen molar-refractivity contribution in [2.75, 3.05) is 5.88 Å². The molecule has 12 heavy (non-hydrogen) atoms. The Morgan fingerprint density at radius 3 is 3.17 bits per heavy atom. The normalized spacial score (nSPS) is 12.5. The zero-order valence-electron chi connectivity index (χ0n) is 6.58. The summed E-state index contributed by atoms with van der Waals surface area (Å²) in [6.45, 7) is 1.81. The van der Waals surface area contributed by atoms with Gasteiger partial charge in [-0.2, -0.15) is 0 Å². The van der Waals surface area contributed by atoms with Crippen molar-refractivity contribution in [2.24, 2.45) is 0 Å². The summed E-state index contributed by atoms with van der Waals surface area (Å²) in [5.41, 5.74) is 0.270. The Kier molecular flexibility index (Phi) is 3.10. The number of carbonyl (C=O) groups excluding carboxylic acids is 1. The highest BCUT2D eigenvalue weighted by atomic mass is 35.5. The van der Waals surface area contributed by atoms with Crippen LogP contribution in [0.1, 0.15) is 17.4 Å². The minimum absolute atomic E-state index is 0.0594. The van der Waals surface area contributed by atoms with E-state index in [1.165, 1.54) is 12.3 Å². The van der Waals surface area contributed by atoms with Crippen LogP contribution >= 0.6 is 11.6 Å². The van der Waals surface area contributed by atoms with Crippen molar-refractivity contribution in [1.82, 2.24) is 10.5 Å². The molecule has 1 amide bonds. The lowest BCUT2D eigenvalue weighted by molar-refractivity contribution is 0.0934. The Morgan fingerprint density at radius 2 is 2.67 bits per heavy atom. The first-order valence-electron chi connectivity index (χ1n) is 3.51. The first kappa shape index (κ1) is 9.06. The van der Waals surface area contributed by atoms with Crippen molar-refractivity contribution >= 4 is 17.5 Å². The average Bonchev–Trinajstić information content (AvgIpc) is 2.56. The van der Waals surface area contributed by atoms with Gasteiger partial charge in [0, 0.05) is 18.0 Å². The molecule has 1 heterocycles. The first-order valence-corrected chi connectivity index (χ1v) is 4.04. The van der Waals surface area contributed by atoms with Crippen LogP contribution in [0.4, 0.5) is 0 Å². The van der Waals surface area contributed by atoms with Gasteiger partial charge in [-0.15, -0.1) is 11.6 Å². The fraction of sp³-hybridized carbons (Fsp3) is 0.429. The second-order valence-corrected chi connectivity index (χ2v) is 2.72. The molecule has 1 atom stereocenters. The van der Waals surface area contributed by atoms with Crippen molar-refractivity contribution in [2.45, 2.75) is 13.0 Å². The number of halogens is 1. The van der Waals surface area contributed by atoms with E-state index in [0.29, 0.717) is 5.88 Å². The number of aromatic nitrogens is 1. The van der Waals surface area contributed by atoms with E-state index in [1.54, 1.807) is 0 Å². The molecule has 1 aromatic rings. The number of alkyl halides is 1. The van der Waals surface area contributed by atoms with Crippen LogP contribution in [0.3, 0.4) is 0 Å².